The van der Waals surface area contributed by atoms with Crippen LogP contribution in [0.5, 0.6) is 5.75 Å². The van der Waals surface area contributed by atoms with Gasteiger partial charge in [-0.05, 0) is 30.7 Å². The van der Waals surface area contributed by atoms with Gasteiger partial charge in [0.1, 0.15) is 11.4 Å². The largest absolute Gasteiger partial charge is 0.494 e. The van der Waals surface area contributed by atoms with E-state index in [1.807, 2.05) is 60.4 Å². The van der Waals surface area contributed by atoms with Crippen LogP contribution in [0.4, 0.5) is 0 Å². The van der Waals surface area contributed by atoms with Crippen molar-refractivity contribution in [3.8, 4) is 5.75 Å². The molecule has 1 saturated heterocycles. The van der Waals surface area contributed by atoms with Crippen molar-refractivity contribution in [2.24, 2.45) is 0 Å². The predicted octanol–water partition coefficient (Wildman–Crippen LogP) is 3.32. The van der Waals surface area contributed by atoms with Crippen LogP contribution < -0.4 is 4.74 Å². The molecule has 0 aliphatic carbocycles. The van der Waals surface area contributed by atoms with Crippen LogP contribution in [0.15, 0.2) is 48.5 Å². The van der Waals surface area contributed by atoms with Crippen molar-refractivity contribution >= 4 is 11.9 Å². The molecule has 2 heterocycles. The van der Waals surface area contributed by atoms with Gasteiger partial charge in [0.25, 0.3) is 0 Å². The number of likely N-dealkylation sites (tertiary alicyclic amines) is 1. The molecule has 1 spiro atoms. The quantitative estimate of drug-likeness (QED) is 0.780. The molecule has 2 aliphatic rings. The Morgan fingerprint density at radius 2 is 1.81 bits per heavy atom. The van der Waals surface area contributed by atoms with Gasteiger partial charge in [-0.25, -0.2) is 4.79 Å². The highest BCUT2D eigenvalue weighted by Crippen LogP contribution is 2.43. The number of fused-ring (bicyclic) bond motifs is 2. The SMILES string of the molecule is CCOc1ccc(CC(=O)N2CCC3(CC2)OC(=O)c2ccccc23)cc1. The van der Waals surface area contributed by atoms with Gasteiger partial charge in [-0.2, -0.15) is 0 Å². The molecule has 5 nitrogen and oxygen atoms in total. The van der Waals surface area contributed by atoms with E-state index in [9.17, 15) is 9.59 Å². The number of piperidine rings is 1. The van der Waals surface area contributed by atoms with Gasteiger partial charge < -0.3 is 14.4 Å². The Hall–Kier alpha value is -2.82. The van der Waals surface area contributed by atoms with E-state index in [2.05, 4.69) is 0 Å². The van der Waals surface area contributed by atoms with Crippen LogP contribution in [0.25, 0.3) is 0 Å². The first-order chi connectivity index (χ1) is 13.1. The Balaban J connectivity index is 1.39. The molecule has 0 radical (unpaired) electrons. The molecule has 0 atom stereocenters. The van der Waals surface area contributed by atoms with E-state index >= 15 is 0 Å². The number of carbonyl (C=O) groups excluding carboxylic acids is 2. The Morgan fingerprint density at radius 1 is 1.11 bits per heavy atom. The van der Waals surface area contributed by atoms with E-state index in [4.69, 9.17) is 9.47 Å². The molecule has 1 fully saturated rings. The van der Waals surface area contributed by atoms with Crippen LogP contribution >= 0.6 is 0 Å². The number of carbonyl (C=O) groups is 2. The average molecular weight is 365 g/mol. The minimum Gasteiger partial charge on any atom is -0.494 e. The first-order valence-corrected chi connectivity index (χ1v) is 9.44. The summed E-state index contributed by atoms with van der Waals surface area (Å²) in [6, 6.07) is 15.2. The fourth-order valence-corrected chi connectivity index (χ4v) is 3.99. The summed E-state index contributed by atoms with van der Waals surface area (Å²) in [4.78, 5) is 26.7. The lowest BCUT2D eigenvalue weighted by Gasteiger charge is -2.38. The van der Waals surface area contributed by atoms with E-state index in [0.29, 0.717) is 44.5 Å². The lowest BCUT2D eigenvalue weighted by molar-refractivity contribution is -0.134. The summed E-state index contributed by atoms with van der Waals surface area (Å²) in [5.74, 6) is 0.668. The number of nitrogens with zero attached hydrogens (tertiary/aromatic N) is 1. The molecule has 4 rings (SSSR count). The molecule has 0 saturated carbocycles. The third-order valence-electron chi connectivity index (χ3n) is 5.44. The van der Waals surface area contributed by atoms with Crippen LogP contribution in [-0.2, 0) is 21.6 Å². The van der Waals surface area contributed by atoms with Gasteiger partial charge in [0.15, 0.2) is 0 Å². The normalized spacial score (nSPS) is 17.5. The molecular formula is C22H23NO4. The van der Waals surface area contributed by atoms with Crippen molar-refractivity contribution in [2.45, 2.75) is 31.8 Å². The number of hydrogen-bond acceptors (Lipinski definition) is 4. The van der Waals surface area contributed by atoms with Gasteiger partial charge >= 0.3 is 5.97 Å². The van der Waals surface area contributed by atoms with Gasteiger partial charge in [-0.15, -0.1) is 0 Å². The standard InChI is InChI=1S/C22H23NO4/c1-2-26-17-9-7-16(8-10-17)15-20(24)23-13-11-22(12-14-23)19-6-4-3-5-18(19)21(25)27-22/h3-10H,2,11-15H2,1H3. The Labute approximate surface area is 158 Å². The van der Waals surface area contributed by atoms with E-state index in [0.717, 1.165) is 16.9 Å². The average Bonchev–Trinajstić information content (AvgIpc) is 2.96. The molecule has 27 heavy (non-hydrogen) atoms. The van der Waals surface area contributed by atoms with E-state index in [-0.39, 0.29) is 11.9 Å². The highest BCUT2D eigenvalue weighted by atomic mass is 16.6. The summed E-state index contributed by atoms with van der Waals surface area (Å²) in [7, 11) is 0. The number of esters is 1. The van der Waals surface area contributed by atoms with Crippen LogP contribution in [0.1, 0.15) is 41.3 Å². The third-order valence-corrected chi connectivity index (χ3v) is 5.44. The first-order valence-electron chi connectivity index (χ1n) is 9.44. The van der Waals surface area contributed by atoms with Gasteiger partial charge in [0.05, 0.1) is 18.6 Å². The van der Waals surface area contributed by atoms with Gasteiger partial charge in [0.2, 0.25) is 5.91 Å². The molecule has 5 heteroatoms. The van der Waals surface area contributed by atoms with Gasteiger partial charge in [-0.1, -0.05) is 30.3 Å². The van der Waals surface area contributed by atoms with Crippen molar-refractivity contribution in [3.05, 3.63) is 65.2 Å². The number of amides is 1. The maximum atomic E-state index is 12.7. The summed E-state index contributed by atoms with van der Waals surface area (Å²) in [6.07, 6.45) is 1.66. The van der Waals surface area contributed by atoms with Crippen LogP contribution in [0, 0.1) is 0 Å². The molecule has 1 amide bonds. The summed E-state index contributed by atoms with van der Waals surface area (Å²) >= 11 is 0. The number of ether oxygens (including phenoxy) is 2. The maximum Gasteiger partial charge on any atom is 0.339 e. The highest BCUT2D eigenvalue weighted by molar-refractivity contribution is 5.94. The topological polar surface area (TPSA) is 55.8 Å². The predicted molar refractivity (Wildman–Crippen MR) is 101 cm³/mol. The highest BCUT2D eigenvalue weighted by Gasteiger charge is 2.47. The second kappa shape index (κ2) is 7.06. The van der Waals surface area contributed by atoms with Gasteiger partial charge in [-0.3, -0.25) is 4.79 Å². The Kier molecular flexibility index (Phi) is 4.60. The fraction of sp³-hybridized carbons (Fsp3) is 0.364. The zero-order valence-corrected chi connectivity index (χ0v) is 15.4. The second-order valence-corrected chi connectivity index (χ2v) is 7.06. The van der Waals surface area contributed by atoms with Crippen molar-refractivity contribution in [1.29, 1.82) is 0 Å². The van der Waals surface area contributed by atoms with Crippen molar-refractivity contribution in [1.82, 2.24) is 4.90 Å². The Bertz CT molecular complexity index is 851. The molecule has 140 valence electrons. The minimum atomic E-state index is -0.566. The van der Waals surface area contributed by atoms with Crippen LogP contribution in [0.3, 0.4) is 0 Å². The maximum absolute atomic E-state index is 12.7. The first kappa shape index (κ1) is 17.6. The summed E-state index contributed by atoms with van der Waals surface area (Å²) in [6.45, 7) is 3.76. The van der Waals surface area contributed by atoms with Crippen molar-refractivity contribution in [2.75, 3.05) is 19.7 Å². The summed E-state index contributed by atoms with van der Waals surface area (Å²) in [5, 5.41) is 0. The molecule has 0 unspecified atom stereocenters. The molecule has 2 aromatic rings. The van der Waals surface area contributed by atoms with Crippen LogP contribution in [0.2, 0.25) is 0 Å². The summed E-state index contributed by atoms with van der Waals surface area (Å²) < 4.78 is 11.2. The lowest BCUT2D eigenvalue weighted by Crippen LogP contribution is -2.45. The van der Waals surface area contributed by atoms with E-state index < -0.39 is 5.60 Å². The third kappa shape index (κ3) is 3.29. The molecular weight excluding hydrogens is 342 g/mol. The number of rotatable bonds is 4. The Morgan fingerprint density at radius 3 is 2.52 bits per heavy atom. The zero-order chi connectivity index (χ0) is 18.9. The second-order valence-electron chi connectivity index (χ2n) is 7.06. The van der Waals surface area contributed by atoms with E-state index in [1.54, 1.807) is 0 Å². The minimum absolute atomic E-state index is 0.103. The smallest absolute Gasteiger partial charge is 0.339 e. The monoisotopic (exact) mass is 365 g/mol. The zero-order valence-electron chi connectivity index (χ0n) is 15.4. The fourth-order valence-electron chi connectivity index (χ4n) is 3.99. The molecule has 2 aromatic carbocycles. The molecule has 0 N–H and O–H groups in total. The molecule has 0 aromatic heterocycles. The van der Waals surface area contributed by atoms with Crippen molar-refractivity contribution < 1.29 is 19.1 Å². The lowest BCUT2D eigenvalue weighted by atomic mass is 9.83. The molecule has 2 aliphatic heterocycles. The van der Waals surface area contributed by atoms with Gasteiger partial charge in [0, 0.05) is 31.5 Å². The number of hydrogen-bond donors (Lipinski definition) is 0. The van der Waals surface area contributed by atoms with Crippen LogP contribution in [-0.4, -0.2) is 36.5 Å². The number of benzene rings is 2. The molecule has 0 bridgehead atoms. The summed E-state index contributed by atoms with van der Waals surface area (Å²) in [5.41, 5.74) is 2.03. The van der Waals surface area contributed by atoms with Crippen molar-refractivity contribution in [3.63, 3.8) is 0 Å². The van der Waals surface area contributed by atoms with E-state index in [1.165, 1.54) is 0 Å².